The molecule has 0 amide bonds. The van der Waals surface area contributed by atoms with Gasteiger partial charge in [-0.25, -0.2) is 4.39 Å². The smallest absolute Gasteiger partial charge is 0.185 e. The number of carbonyl (C=O) groups is 1. The van der Waals surface area contributed by atoms with Crippen LogP contribution >= 0.6 is 27.5 Å². The summed E-state index contributed by atoms with van der Waals surface area (Å²) in [5.41, 5.74) is 0.691. The van der Waals surface area contributed by atoms with Gasteiger partial charge in [-0.1, -0.05) is 51.8 Å². The van der Waals surface area contributed by atoms with Crippen molar-refractivity contribution in [1.82, 2.24) is 0 Å². The van der Waals surface area contributed by atoms with E-state index in [0.29, 0.717) is 15.6 Å². The molecule has 2 aromatic carbocycles. The van der Waals surface area contributed by atoms with E-state index < -0.39 is 11.7 Å². The lowest BCUT2D eigenvalue weighted by Crippen LogP contribution is -2.12. The van der Waals surface area contributed by atoms with Gasteiger partial charge in [-0.2, -0.15) is 5.26 Å². The van der Waals surface area contributed by atoms with Gasteiger partial charge in [-0.05, 0) is 23.8 Å². The van der Waals surface area contributed by atoms with Crippen molar-refractivity contribution in [3.8, 4) is 6.07 Å². The van der Waals surface area contributed by atoms with Gasteiger partial charge >= 0.3 is 0 Å². The molecule has 0 saturated carbocycles. The van der Waals surface area contributed by atoms with E-state index in [1.54, 1.807) is 24.3 Å². The molecule has 1 unspecified atom stereocenters. The molecule has 20 heavy (non-hydrogen) atoms. The average molecular weight is 353 g/mol. The zero-order valence-electron chi connectivity index (χ0n) is 10.1. The third-order valence-electron chi connectivity index (χ3n) is 2.80. The Bertz CT molecular complexity index is 711. The number of benzene rings is 2. The Labute approximate surface area is 128 Å². The van der Waals surface area contributed by atoms with Crippen LogP contribution in [0.1, 0.15) is 21.8 Å². The van der Waals surface area contributed by atoms with Crippen LogP contribution in [0.5, 0.6) is 0 Å². The molecule has 0 aliphatic rings. The van der Waals surface area contributed by atoms with Crippen molar-refractivity contribution < 1.29 is 9.18 Å². The van der Waals surface area contributed by atoms with Crippen LogP contribution in [0, 0.1) is 17.1 Å². The predicted octanol–water partition coefficient (Wildman–Crippen LogP) is 4.73. The summed E-state index contributed by atoms with van der Waals surface area (Å²) < 4.78 is 13.6. The Hall–Kier alpha value is -1.70. The fourth-order valence-corrected chi connectivity index (χ4v) is 2.58. The second-order valence-corrected chi connectivity index (χ2v) is 5.33. The zero-order valence-corrected chi connectivity index (χ0v) is 12.5. The summed E-state index contributed by atoms with van der Waals surface area (Å²) in [5, 5.41) is 9.32. The first kappa shape index (κ1) is 14.7. The van der Waals surface area contributed by atoms with E-state index in [9.17, 15) is 14.4 Å². The lowest BCUT2D eigenvalue weighted by molar-refractivity contribution is 0.0978. The van der Waals surface area contributed by atoms with E-state index in [0.717, 1.165) is 6.07 Å². The van der Waals surface area contributed by atoms with Gasteiger partial charge in [0.1, 0.15) is 11.7 Å². The summed E-state index contributed by atoms with van der Waals surface area (Å²) in [4.78, 5) is 12.4. The predicted molar refractivity (Wildman–Crippen MR) is 78.2 cm³/mol. The van der Waals surface area contributed by atoms with Crippen LogP contribution in [0.3, 0.4) is 0 Å². The van der Waals surface area contributed by atoms with Gasteiger partial charge in [-0.3, -0.25) is 4.79 Å². The molecular weight excluding hydrogens is 345 g/mol. The maximum absolute atomic E-state index is 13.0. The normalized spacial score (nSPS) is 11.7. The molecule has 0 aliphatic heterocycles. The van der Waals surface area contributed by atoms with Gasteiger partial charge in [-0.15, -0.1) is 0 Å². The Morgan fingerprint density at radius 2 is 2.00 bits per heavy atom. The van der Waals surface area contributed by atoms with E-state index in [1.165, 1.54) is 12.1 Å². The average Bonchev–Trinajstić information content (AvgIpc) is 2.42. The molecule has 0 fully saturated rings. The quantitative estimate of drug-likeness (QED) is 0.749. The highest BCUT2D eigenvalue weighted by atomic mass is 79.9. The molecule has 0 N–H and O–H groups in total. The second-order valence-electron chi connectivity index (χ2n) is 4.07. The third-order valence-corrected chi connectivity index (χ3v) is 3.82. The van der Waals surface area contributed by atoms with Crippen LogP contribution in [0.25, 0.3) is 0 Å². The van der Waals surface area contributed by atoms with Gasteiger partial charge in [0.05, 0.1) is 6.07 Å². The molecule has 0 spiro atoms. The number of hydrogen-bond acceptors (Lipinski definition) is 2. The SMILES string of the molecule is N#CC(C(=O)c1ccccc1Br)c1ccc(F)cc1Cl. The van der Waals surface area contributed by atoms with Gasteiger partial charge in [0.15, 0.2) is 5.78 Å². The van der Waals surface area contributed by atoms with Crippen LogP contribution in [0.2, 0.25) is 5.02 Å². The molecule has 2 aromatic rings. The summed E-state index contributed by atoms with van der Waals surface area (Å²) in [5.74, 6) is -1.96. The minimum atomic E-state index is -1.07. The summed E-state index contributed by atoms with van der Waals surface area (Å²) in [6, 6.07) is 12.4. The maximum Gasteiger partial charge on any atom is 0.185 e. The van der Waals surface area contributed by atoms with Crippen molar-refractivity contribution in [3.05, 3.63) is 68.9 Å². The summed E-state index contributed by atoms with van der Waals surface area (Å²) >= 11 is 9.19. The standard InChI is InChI=1S/C15H8BrClFNO/c16-13-4-2-1-3-11(13)15(20)12(8-19)10-6-5-9(18)7-14(10)17/h1-7,12H. The highest BCUT2D eigenvalue weighted by Crippen LogP contribution is 2.30. The summed E-state index contributed by atoms with van der Waals surface area (Å²) in [7, 11) is 0. The number of Topliss-reactive ketones (excluding diaryl/α,β-unsaturated/α-hetero) is 1. The van der Waals surface area contributed by atoms with Crippen LogP contribution < -0.4 is 0 Å². The fourth-order valence-electron chi connectivity index (χ4n) is 1.82. The lowest BCUT2D eigenvalue weighted by Gasteiger charge is -2.11. The molecule has 2 nitrogen and oxygen atoms in total. The van der Waals surface area contributed by atoms with Crippen molar-refractivity contribution in [3.63, 3.8) is 0 Å². The summed E-state index contributed by atoms with van der Waals surface area (Å²) in [6.45, 7) is 0. The van der Waals surface area contributed by atoms with Crippen molar-refractivity contribution in [1.29, 1.82) is 5.26 Å². The van der Waals surface area contributed by atoms with E-state index >= 15 is 0 Å². The first-order valence-corrected chi connectivity index (χ1v) is 6.85. The van der Waals surface area contributed by atoms with Gasteiger partial charge < -0.3 is 0 Å². The number of carbonyl (C=O) groups excluding carboxylic acids is 1. The maximum atomic E-state index is 13.0. The molecular formula is C15H8BrClFNO. The number of hydrogen-bond donors (Lipinski definition) is 0. The Kier molecular flexibility index (Phi) is 4.53. The molecule has 0 heterocycles. The largest absolute Gasteiger partial charge is 0.292 e. The summed E-state index contributed by atoms with van der Waals surface area (Å²) in [6.07, 6.45) is 0. The molecule has 100 valence electrons. The Morgan fingerprint density at radius 1 is 1.30 bits per heavy atom. The lowest BCUT2D eigenvalue weighted by atomic mass is 9.92. The second kappa shape index (κ2) is 6.17. The number of halogens is 3. The van der Waals surface area contributed by atoms with E-state index in [2.05, 4.69) is 15.9 Å². The number of nitriles is 1. The minimum Gasteiger partial charge on any atom is -0.292 e. The van der Waals surface area contributed by atoms with Crippen LogP contribution in [0.15, 0.2) is 46.9 Å². The van der Waals surface area contributed by atoms with Crippen LogP contribution in [-0.4, -0.2) is 5.78 Å². The van der Waals surface area contributed by atoms with Crippen molar-refractivity contribution >= 4 is 33.3 Å². The number of ketones is 1. The third kappa shape index (κ3) is 2.90. The molecule has 5 heteroatoms. The first-order valence-electron chi connectivity index (χ1n) is 5.68. The molecule has 0 radical (unpaired) electrons. The van der Waals surface area contributed by atoms with Crippen molar-refractivity contribution in [2.24, 2.45) is 0 Å². The van der Waals surface area contributed by atoms with E-state index in [1.807, 2.05) is 6.07 Å². The molecule has 0 saturated heterocycles. The Morgan fingerprint density at radius 3 is 2.60 bits per heavy atom. The Balaban J connectivity index is 2.46. The van der Waals surface area contributed by atoms with Crippen molar-refractivity contribution in [2.75, 3.05) is 0 Å². The van der Waals surface area contributed by atoms with Crippen LogP contribution in [0.4, 0.5) is 4.39 Å². The van der Waals surface area contributed by atoms with Gasteiger partial charge in [0.2, 0.25) is 0 Å². The highest BCUT2D eigenvalue weighted by Gasteiger charge is 2.25. The van der Waals surface area contributed by atoms with E-state index in [-0.39, 0.29) is 10.8 Å². The molecule has 0 aromatic heterocycles. The highest BCUT2D eigenvalue weighted by molar-refractivity contribution is 9.10. The van der Waals surface area contributed by atoms with Crippen molar-refractivity contribution in [2.45, 2.75) is 5.92 Å². The minimum absolute atomic E-state index is 0.0666. The molecule has 0 aliphatic carbocycles. The van der Waals surface area contributed by atoms with E-state index in [4.69, 9.17) is 11.6 Å². The van der Waals surface area contributed by atoms with Gasteiger partial charge in [0, 0.05) is 15.1 Å². The monoisotopic (exact) mass is 351 g/mol. The van der Waals surface area contributed by atoms with Crippen LogP contribution in [-0.2, 0) is 0 Å². The zero-order chi connectivity index (χ0) is 14.7. The molecule has 0 bridgehead atoms. The molecule has 2 rings (SSSR count). The molecule has 1 atom stereocenters. The first-order chi connectivity index (χ1) is 9.54. The topological polar surface area (TPSA) is 40.9 Å². The number of nitrogens with zero attached hydrogens (tertiary/aromatic N) is 1. The van der Waals surface area contributed by atoms with Gasteiger partial charge in [0.25, 0.3) is 0 Å². The number of rotatable bonds is 3. The fraction of sp³-hybridized carbons (Fsp3) is 0.0667.